The van der Waals surface area contributed by atoms with Gasteiger partial charge in [0.25, 0.3) is 0 Å². The number of imidazole rings is 1. The average molecular weight is 348 g/mol. The fourth-order valence-electron chi connectivity index (χ4n) is 3.15. The van der Waals surface area contributed by atoms with Crippen molar-refractivity contribution in [2.45, 2.75) is 51.1 Å². The second kappa shape index (κ2) is 8.47. The van der Waals surface area contributed by atoms with E-state index >= 15 is 0 Å². The van der Waals surface area contributed by atoms with Gasteiger partial charge < -0.3 is 19.5 Å². The van der Waals surface area contributed by atoms with E-state index in [0.29, 0.717) is 44.4 Å². The van der Waals surface area contributed by atoms with Crippen molar-refractivity contribution in [3.05, 3.63) is 18.2 Å². The topological polar surface area (TPSA) is 76.5 Å². The number of ether oxygens (including phenoxy) is 1. The number of aromatic nitrogens is 2. The first-order chi connectivity index (χ1) is 12.2. The van der Waals surface area contributed by atoms with Gasteiger partial charge in [0.05, 0.1) is 13.0 Å². The molecular weight excluding hydrogens is 320 g/mol. The zero-order valence-corrected chi connectivity index (χ0v) is 14.9. The van der Waals surface area contributed by atoms with Crippen LogP contribution in [0.3, 0.4) is 0 Å². The maximum absolute atomic E-state index is 12.3. The molecule has 7 heteroatoms. The summed E-state index contributed by atoms with van der Waals surface area (Å²) in [6.45, 7) is 2.73. The number of hydrogen-bond acceptors (Lipinski definition) is 5. The molecule has 1 amide bonds. The Morgan fingerprint density at radius 2 is 2.16 bits per heavy atom. The minimum atomic E-state index is -0.155. The van der Waals surface area contributed by atoms with E-state index in [2.05, 4.69) is 10.3 Å². The van der Waals surface area contributed by atoms with E-state index in [1.807, 2.05) is 22.7 Å². The van der Waals surface area contributed by atoms with Gasteiger partial charge in [-0.25, -0.2) is 4.98 Å². The molecule has 1 aromatic rings. The van der Waals surface area contributed by atoms with Gasteiger partial charge in [-0.05, 0) is 32.2 Å². The molecule has 0 radical (unpaired) electrons. The highest BCUT2D eigenvalue weighted by atomic mass is 16.5. The number of likely N-dealkylation sites (N-methyl/N-ethyl adjacent to an activating group) is 1. The quantitative estimate of drug-likeness (QED) is 0.673. The third-order valence-corrected chi connectivity index (χ3v) is 5.05. The van der Waals surface area contributed by atoms with E-state index in [1.54, 1.807) is 6.20 Å². The fraction of sp³-hybridized carbons (Fsp3) is 0.722. The van der Waals surface area contributed by atoms with Gasteiger partial charge in [-0.15, -0.1) is 0 Å². The molecular formula is C18H28N4O3. The monoisotopic (exact) mass is 348 g/mol. The predicted molar refractivity (Wildman–Crippen MR) is 92.9 cm³/mol. The Morgan fingerprint density at radius 3 is 2.88 bits per heavy atom. The molecule has 1 N–H and O–H groups in total. The largest absolute Gasteiger partial charge is 0.465 e. The van der Waals surface area contributed by atoms with Gasteiger partial charge in [0, 0.05) is 50.9 Å². The summed E-state index contributed by atoms with van der Waals surface area (Å²) in [6.07, 6.45) is 8.37. The molecule has 7 nitrogen and oxygen atoms in total. The van der Waals surface area contributed by atoms with Crippen LogP contribution in [0.5, 0.6) is 0 Å². The normalized spacial score (nSPS) is 20.0. The second-order valence-corrected chi connectivity index (χ2v) is 7.03. The number of nitrogens with one attached hydrogen (secondary N) is 1. The molecule has 2 heterocycles. The van der Waals surface area contributed by atoms with Gasteiger partial charge in [0.2, 0.25) is 5.91 Å². The van der Waals surface area contributed by atoms with Crippen LogP contribution in [0.2, 0.25) is 0 Å². The molecule has 0 spiro atoms. The Labute approximate surface area is 148 Å². The molecule has 1 saturated heterocycles. The van der Waals surface area contributed by atoms with Gasteiger partial charge >= 0.3 is 5.97 Å². The molecule has 138 valence electrons. The number of hydrogen-bond donors (Lipinski definition) is 1. The number of amides is 1. The molecule has 2 fully saturated rings. The number of rotatable bonds is 9. The predicted octanol–water partition coefficient (Wildman–Crippen LogP) is 0.979. The smallest absolute Gasteiger partial charge is 0.307 e. The number of likely N-dealkylation sites (tertiary alicyclic amines) is 1. The number of esters is 1. The maximum atomic E-state index is 12.3. The van der Waals surface area contributed by atoms with Crippen molar-refractivity contribution in [2.75, 3.05) is 26.7 Å². The van der Waals surface area contributed by atoms with Crippen LogP contribution >= 0.6 is 0 Å². The summed E-state index contributed by atoms with van der Waals surface area (Å²) in [5.74, 6) is 1.47. The van der Waals surface area contributed by atoms with Gasteiger partial charge in [-0.1, -0.05) is 0 Å². The average Bonchev–Trinajstić information content (AvgIpc) is 3.14. The molecule has 2 aliphatic rings. The van der Waals surface area contributed by atoms with Gasteiger partial charge in [0.15, 0.2) is 0 Å². The first kappa shape index (κ1) is 17.9. The van der Waals surface area contributed by atoms with E-state index in [4.69, 9.17) is 4.74 Å². The van der Waals surface area contributed by atoms with Crippen molar-refractivity contribution >= 4 is 11.9 Å². The molecule has 25 heavy (non-hydrogen) atoms. The molecule has 1 aliphatic carbocycles. The lowest BCUT2D eigenvalue weighted by molar-refractivity contribution is -0.144. The summed E-state index contributed by atoms with van der Waals surface area (Å²) in [6, 6.07) is 0.410. The van der Waals surface area contributed by atoms with E-state index < -0.39 is 0 Å². The summed E-state index contributed by atoms with van der Waals surface area (Å²) in [4.78, 5) is 30.3. The van der Waals surface area contributed by atoms with Gasteiger partial charge in [-0.3, -0.25) is 9.59 Å². The Kier molecular flexibility index (Phi) is 6.07. The first-order valence-electron chi connectivity index (χ1n) is 9.26. The van der Waals surface area contributed by atoms with Crippen molar-refractivity contribution < 1.29 is 14.3 Å². The van der Waals surface area contributed by atoms with Gasteiger partial charge in [-0.2, -0.15) is 0 Å². The number of aryl methyl sites for hydroxylation is 2. The van der Waals surface area contributed by atoms with E-state index in [-0.39, 0.29) is 11.9 Å². The van der Waals surface area contributed by atoms with Gasteiger partial charge in [0.1, 0.15) is 5.82 Å². The summed E-state index contributed by atoms with van der Waals surface area (Å²) in [7, 11) is 1.94. The number of nitrogens with zero attached hydrogens (tertiary/aromatic N) is 3. The first-order valence-corrected chi connectivity index (χ1v) is 9.26. The Balaban J connectivity index is 1.40. The van der Waals surface area contributed by atoms with Crippen LogP contribution in [-0.4, -0.2) is 59.1 Å². The van der Waals surface area contributed by atoms with E-state index in [0.717, 1.165) is 25.3 Å². The third-order valence-electron chi connectivity index (χ3n) is 5.05. The zero-order valence-electron chi connectivity index (χ0n) is 14.9. The molecule has 0 unspecified atom stereocenters. The van der Waals surface area contributed by atoms with Crippen LogP contribution in [-0.2, 0) is 27.3 Å². The second-order valence-electron chi connectivity index (χ2n) is 7.03. The lowest BCUT2D eigenvalue weighted by Crippen LogP contribution is -2.33. The lowest BCUT2D eigenvalue weighted by Gasteiger charge is -2.16. The highest BCUT2D eigenvalue weighted by Crippen LogP contribution is 2.28. The van der Waals surface area contributed by atoms with Crippen molar-refractivity contribution in [2.24, 2.45) is 5.92 Å². The molecule has 0 aromatic carbocycles. The van der Waals surface area contributed by atoms with Crippen molar-refractivity contribution in [1.82, 2.24) is 19.8 Å². The highest BCUT2D eigenvalue weighted by Gasteiger charge is 2.25. The van der Waals surface area contributed by atoms with Crippen LogP contribution in [0.4, 0.5) is 0 Å². The van der Waals surface area contributed by atoms with Crippen LogP contribution in [0.25, 0.3) is 0 Å². The third kappa shape index (κ3) is 5.29. The van der Waals surface area contributed by atoms with E-state index in [1.165, 1.54) is 12.8 Å². The number of carbonyl (C=O) groups excluding carboxylic acids is 2. The number of carbonyl (C=O) groups is 2. The SMILES string of the molecule is CN[C@H]1CCN(C(=O)CCc2nccn2CCC(=O)OCC2CC2)C1. The zero-order chi connectivity index (χ0) is 17.6. The Bertz CT molecular complexity index is 597. The minimum absolute atomic E-state index is 0.155. The molecule has 1 saturated carbocycles. The fourth-order valence-corrected chi connectivity index (χ4v) is 3.15. The summed E-state index contributed by atoms with van der Waals surface area (Å²) in [5, 5.41) is 3.22. The van der Waals surface area contributed by atoms with E-state index in [9.17, 15) is 9.59 Å². The molecule has 1 aromatic heterocycles. The van der Waals surface area contributed by atoms with Crippen molar-refractivity contribution in [1.29, 1.82) is 0 Å². The Morgan fingerprint density at radius 1 is 1.32 bits per heavy atom. The summed E-state index contributed by atoms with van der Waals surface area (Å²) in [5.41, 5.74) is 0. The van der Waals surface area contributed by atoms with Crippen LogP contribution in [0.15, 0.2) is 12.4 Å². The molecule has 1 aliphatic heterocycles. The highest BCUT2D eigenvalue weighted by molar-refractivity contribution is 5.76. The lowest BCUT2D eigenvalue weighted by atomic mass is 10.2. The Hall–Kier alpha value is -1.89. The standard InChI is InChI=1S/C18H28N4O3/c1-19-15-6-9-22(12-15)17(23)5-4-16-20-8-11-21(16)10-7-18(24)25-13-14-2-3-14/h8,11,14-15,19H,2-7,9-10,12-13H2,1H3/t15-/m0/s1. The van der Waals surface area contributed by atoms with Crippen molar-refractivity contribution in [3.63, 3.8) is 0 Å². The maximum Gasteiger partial charge on any atom is 0.307 e. The van der Waals surface area contributed by atoms with Crippen LogP contribution in [0, 0.1) is 5.92 Å². The minimum Gasteiger partial charge on any atom is -0.465 e. The molecule has 0 bridgehead atoms. The van der Waals surface area contributed by atoms with Crippen molar-refractivity contribution in [3.8, 4) is 0 Å². The summed E-state index contributed by atoms with van der Waals surface area (Å²) >= 11 is 0. The van der Waals surface area contributed by atoms with Crippen LogP contribution < -0.4 is 5.32 Å². The summed E-state index contributed by atoms with van der Waals surface area (Å²) < 4.78 is 7.20. The van der Waals surface area contributed by atoms with Crippen LogP contribution in [0.1, 0.15) is 37.9 Å². The molecule has 3 rings (SSSR count). The molecule has 1 atom stereocenters.